The fraction of sp³-hybridized carbons (Fsp3) is 0.692. The lowest BCUT2D eigenvalue weighted by Crippen LogP contribution is -2.37. The second kappa shape index (κ2) is 18.5. The third-order valence-electron chi connectivity index (χ3n) is 5.98. The molecule has 0 aliphatic carbocycles. The van der Waals surface area contributed by atoms with E-state index in [1.165, 1.54) is 0 Å². The fourth-order valence-corrected chi connectivity index (χ4v) is 4.36. The van der Waals surface area contributed by atoms with Crippen LogP contribution in [0.3, 0.4) is 0 Å². The van der Waals surface area contributed by atoms with Gasteiger partial charge in [-0.3, -0.25) is 9.59 Å². The lowest BCUT2D eigenvalue weighted by Gasteiger charge is -2.27. The molecule has 0 fully saturated rings. The van der Waals surface area contributed by atoms with E-state index in [0.717, 1.165) is 12.2 Å². The maximum absolute atomic E-state index is 12.5. The van der Waals surface area contributed by atoms with Crippen molar-refractivity contribution in [3.63, 3.8) is 0 Å². The number of carbonyl (C=O) groups is 4. The molecule has 0 spiro atoms. The van der Waals surface area contributed by atoms with Crippen molar-refractivity contribution in [2.24, 2.45) is 11.8 Å². The van der Waals surface area contributed by atoms with Gasteiger partial charge in [-0.25, -0.2) is 18.0 Å². The van der Waals surface area contributed by atoms with Gasteiger partial charge in [0.25, 0.3) is 0 Å². The van der Waals surface area contributed by atoms with Gasteiger partial charge in [-0.1, -0.05) is 53.7 Å². The molecule has 0 aromatic rings. The Labute approximate surface area is 225 Å². The van der Waals surface area contributed by atoms with Gasteiger partial charge in [-0.05, 0) is 25.7 Å². The molecule has 12 heteroatoms. The number of ether oxygens (including phenoxy) is 4. The molecular weight excluding hydrogens is 520 g/mol. The Morgan fingerprint density at radius 2 is 1.21 bits per heavy atom. The molecule has 0 rings (SSSR count). The fourth-order valence-electron chi connectivity index (χ4n) is 3.72. The van der Waals surface area contributed by atoms with Crippen LogP contribution in [0.15, 0.2) is 25.3 Å². The van der Waals surface area contributed by atoms with E-state index in [-0.39, 0.29) is 13.2 Å². The standard InChI is InChI=1S/C26H42O11S/c1-7-13-20(36-23(27)11-5)18(9-3)16-34-25(29)15-22(38(31,32)33)26(30)35-17-19(10-4)21(14-8-2)37-24(28)12-6/h11-12,18-22H,5-10,13-17H2,1-4H3,(H,31,32,33)/p-1. The Morgan fingerprint density at radius 1 is 0.789 bits per heavy atom. The molecule has 0 saturated heterocycles. The highest BCUT2D eigenvalue weighted by atomic mass is 32.2. The molecule has 0 N–H and O–H groups in total. The normalized spacial score (nSPS) is 15.2. The lowest BCUT2D eigenvalue weighted by molar-refractivity contribution is -0.157. The highest BCUT2D eigenvalue weighted by molar-refractivity contribution is 7.87. The van der Waals surface area contributed by atoms with Crippen LogP contribution in [0.1, 0.15) is 72.6 Å². The number of esters is 4. The van der Waals surface area contributed by atoms with E-state index in [2.05, 4.69) is 13.2 Å². The smallest absolute Gasteiger partial charge is 0.330 e. The summed E-state index contributed by atoms with van der Waals surface area (Å²) in [5, 5.41) is -2.31. The zero-order valence-corrected chi connectivity index (χ0v) is 23.5. The minimum absolute atomic E-state index is 0.212. The largest absolute Gasteiger partial charge is 0.747 e. The molecule has 38 heavy (non-hydrogen) atoms. The topological polar surface area (TPSA) is 162 Å². The van der Waals surface area contributed by atoms with E-state index >= 15 is 0 Å². The van der Waals surface area contributed by atoms with Crippen molar-refractivity contribution >= 4 is 34.0 Å². The number of rotatable bonds is 20. The van der Waals surface area contributed by atoms with Crippen LogP contribution in [-0.4, -0.2) is 67.5 Å². The molecule has 5 unspecified atom stereocenters. The van der Waals surface area contributed by atoms with E-state index in [1.54, 1.807) is 13.8 Å². The van der Waals surface area contributed by atoms with Crippen LogP contribution >= 0.6 is 0 Å². The molecule has 0 aliphatic heterocycles. The Morgan fingerprint density at radius 3 is 1.55 bits per heavy atom. The summed E-state index contributed by atoms with van der Waals surface area (Å²) >= 11 is 0. The summed E-state index contributed by atoms with van der Waals surface area (Å²) in [4.78, 5) is 48.2. The van der Waals surface area contributed by atoms with Gasteiger partial charge in [0.05, 0.1) is 19.6 Å². The molecule has 0 amide bonds. The molecule has 0 heterocycles. The average Bonchev–Trinajstić information content (AvgIpc) is 2.86. The Kier molecular flexibility index (Phi) is 17.2. The van der Waals surface area contributed by atoms with Crippen LogP contribution in [0.25, 0.3) is 0 Å². The van der Waals surface area contributed by atoms with Crippen molar-refractivity contribution in [2.45, 2.75) is 90.1 Å². The molecule has 0 aliphatic rings. The first-order chi connectivity index (χ1) is 17.9. The number of hydrogen-bond donors (Lipinski definition) is 0. The van der Waals surface area contributed by atoms with E-state index < -0.39 is 69.7 Å². The van der Waals surface area contributed by atoms with E-state index in [0.29, 0.717) is 38.5 Å². The van der Waals surface area contributed by atoms with Crippen LogP contribution in [0.4, 0.5) is 0 Å². The summed E-state index contributed by atoms with van der Waals surface area (Å²) in [5.74, 6) is -4.62. The summed E-state index contributed by atoms with van der Waals surface area (Å²) in [5.41, 5.74) is 0. The summed E-state index contributed by atoms with van der Waals surface area (Å²) < 4.78 is 56.2. The van der Waals surface area contributed by atoms with Gasteiger partial charge in [0.2, 0.25) is 0 Å². The predicted octanol–water partition coefficient (Wildman–Crippen LogP) is 3.22. The van der Waals surface area contributed by atoms with Gasteiger partial charge < -0.3 is 23.5 Å². The highest BCUT2D eigenvalue weighted by Gasteiger charge is 2.33. The van der Waals surface area contributed by atoms with Crippen LogP contribution in [0.5, 0.6) is 0 Å². The van der Waals surface area contributed by atoms with Crippen molar-refractivity contribution < 1.29 is 51.1 Å². The summed E-state index contributed by atoms with van der Waals surface area (Å²) in [7, 11) is -5.26. The first kappa shape index (κ1) is 35.3. The van der Waals surface area contributed by atoms with Crippen molar-refractivity contribution in [1.29, 1.82) is 0 Å². The summed E-state index contributed by atoms with van der Waals surface area (Å²) in [6.07, 6.45) is 3.01. The molecule has 218 valence electrons. The monoisotopic (exact) mass is 561 g/mol. The quantitative estimate of drug-likeness (QED) is 0.0928. The molecule has 0 saturated carbocycles. The van der Waals surface area contributed by atoms with Gasteiger partial charge in [-0.2, -0.15) is 0 Å². The molecule has 0 radical (unpaired) electrons. The van der Waals surface area contributed by atoms with Gasteiger partial charge >= 0.3 is 23.9 Å². The minimum atomic E-state index is -5.26. The Balaban J connectivity index is 5.33. The van der Waals surface area contributed by atoms with Crippen molar-refractivity contribution in [3.05, 3.63) is 25.3 Å². The van der Waals surface area contributed by atoms with Crippen LogP contribution in [0, 0.1) is 11.8 Å². The van der Waals surface area contributed by atoms with Crippen LogP contribution in [0.2, 0.25) is 0 Å². The Bertz CT molecular complexity index is 897. The third-order valence-corrected chi connectivity index (χ3v) is 7.03. The molecule has 0 aromatic carbocycles. The maximum Gasteiger partial charge on any atom is 0.330 e. The SMILES string of the molecule is C=CC(=O)OC(CCC)C(CC)COC(=O)CC(C(=O)OCC(CC)C(CCC)OC(=O)C=C)S(=O)(=O)[O-]. The molecule has 0 bridgehead atoms. The number of carbonyl (C=O) groups excluding carboxylic acids is 4. The molecule has 5 atom stereocenters. The zero-order chi connectivity index (χ0) is 29.3. The van der Waals surface area contributed by atoms with Crippen molar-refractivity contribution in [1.82, 2.24) is 0 Å². The zero-order valence-electron chi connectivity index (χ0n) is 22.7. The molecule has 0 aromatic heterocycles. The van der Waals surface area contributed by atoms with Crippen LogP contribution in [-0.2, 0) is 48.2 Å². The average molecular weight is 562 g/mol. The van der Waals surface area contributed by atoms with Crippen LogP contribution < -0.4 is 0 Å². The minimum Gasteiger partial charge on any atom is -0.747 e. The highest BCUT2D eigenvalue weighted by Crippen LogP contribution is 2.21. The van der Waals surface area contributed by atoms with Gasteiger partial charge in [0, 0.05) is 24.0 Å². The second-order valence-electron chi connectivity index (χ2n) is 8.77. The van der Waals surface area contributed by atoms with Gasteiger partial charge in [-0.15, -0.1) is 0 Å². The maximum atomic E-state index is 12.5. The van der Waals surface area contributed by atoms with Gasteiger partial charge in [0.15, 0.2) is 5.25 Å². The summed E-state index contributed by atoms with van der Waals surface area (Å²) in [6.45, 7) is 13.5. The van der Waals surface area contributed by atoms with E-state index in [4.69, 9.17) is 18.9 Å². The Hall–Kier alpha value is -2.73. The first-order valence-electron chi connectivity index (χ1n) is 12.8. The van der Waals surface area contributed by atoms with Crippen molar-refractivity contribution in [3.8, 4) is 0 Å². The lowest BCUT2D eigenvalue weighted by atomic mass is 9.96. The summed E-state index contributed by atoms with van der Waals surface area (Å²) in [6, 6.07) is 0. The predicted molar refractivity (Wildman–Crippen MR) is 138 cm³/mol. The van der Waals surface area contributed by atoms with E-state index in [9.17, 15) is 32.1 Å². The first-order valence-corrected chi connectivity index (χ1v) is 14.3. The van der Waals surface area contributed by atoms with E-state index in [1.807, 2.05) is 13.8 Å². The molecule has 11 nitrogen and oxygen atoms in total. The van der Waals surface area contributed by atoms with Crippen molar-refractivity contribution in [2.75, 3.05) is 13.2 Å². The second-order valence-corrected chi connectivity index (χ2v) is 10.3. The third kappa shape index (κ3) is 13.2. The number of hydrogen-bond acceptors (Lipinski definition) is 11. The van der Waals surface area contributed by atoms with Gasteiger partial charge in [0.1, 0.15) is 22.3 Å². The molecular formula is C26H41O11S-.